The Balaban J connectivity index is 0.000000355. The van der Waals surface area contributed by atoms with Gasteiger partial charge in [0, 0.05) is 28.1 Å². The number of halogens is 1. The van der Waals surface area contributed by atoms with E-state index in [1.807, 2.05) is 13.8 Å². The quantitative estimate of drug-likeness (QED) is 0.335. The van der Waals surface area contributed by atoms with Gasteiger partial charge in [-0.15, -0.1) is 0 Å². The highest BCUT2D eigenvalue weighted by Crippen LogP contribution is 2.41. The molecule has 4 heterocycles. The summed E-state index contributed by atoms with van der Waals surface area (Å²) >= 11 is 0. The molecule has 0 spiro atoms. The number of benzene rings is 1. The minimum Gasteiger partial charge on any atom is -0.458 e. The van der Waals surface area contributed by atoms with Gasteiger partial charge in [-0.25, -0.2) is 14.2 Å². The summed E-state index contributed by atoms with van der Waals surface area (Å²) in [5.41, 5.74) is 10.7. The van der Waals surface area contributed by atoms with E-state index in [1.54, 1.807) is 31.4 Å². The van der Waals surface area contributed by atoms with Crippen molar-refractivity contribution in [2.45, 2.75) is 78.7 Å². The summed E-state index contributed by atoms with van der Waals surface area (Å²) in [5, 5.41) is 19.5. The Hall–Kier alpha value is -3.14. The van der Waals surface area contributed by atoms with Gasteiger partial charge < -0.3 is 25.3 Å². The number of carbonyl (C=O) groups is 1. The molecule has 3 aromatic rings. The van der Waals surface area contributed by atoms with E-state index in [0.717, 1.165) is 41.3 Å². The highest BCUT2D eigenvalue weighted by atomic mass is 19.1. The van der Waals surface area contributed by atoms with Crippen LogP contribution in [0.15, 0.2) is 16.9 Å². The zero-order valence-electron chi connectivity index (χ0n) is 21.9. The molecule has 0 fully saturated rings. The Kier molecular flexibility index (Phi) is 7.25. The van der Waals surface area contributed by atoms with E-state index in [0.29, 0.717) is 34.6 Å². The van der Waals surface area contributed by atoms with Crippen LogP contribution in [0.1, 0.15) is 73.6 Å². The molecule has 0 saturated heterocycles. The maximum Gasteiger partial charge on any atom is 0.340 e. The molecule has 37 heavy (non-hydrogen) atoms. The molecular formula is C28H34FN3O5. The van der Waals surface area contributed by atoms with Gasteiger partial charge in [0.1, 0.15) is 12.4 Å². The van der Waals surface area contributed by atoms with Crippen molar-refractivity contribution >= 4 is 16.9 Å². The Morgan fingerprint density at radius 1 is 1.16 bits per heavy atom. The molecule has 8 nitrogen and oxygen atoms in total. The van der Waals surface area contributed by atoms with E-state index in [1.165, 1.54) is 6.07 Å². The van der Waals surface area contributed by atoms with Crippen LogP contribution in [0.5, 0.6) is 0 Å². The number of nitrogens with two attached hydrogens (primary N) is 1. The lowest BCUT2D eigenvalue weighted by atomic mass is 9.85. The predicted octanol–water partition coefficient (Wildman–Crippen LogP) is 3.19. The third-order valence-electron chi connectivity index (χ3n) is 6.95. The maximum absolute atomic E-state index is 14.5. The van der Waals surface area contributed by atoms with Crippen molar-refractivity contribution in [1.82, 2.24) is 9.55 Å². The lowest BCUT2D eigenvalue weighted by Crippen LogP contribution is -2.35. The van der Waals surface area contributed by atoms with Crippen LogP contribution in [0.25, 0.3) is 22.3 Å². The van der Waals surface area contributed by atoms with Gasteiger partial charge in [0.15, 0.2) is 6.10 Å². The van der Waals surface area contributed by atoms with Gasteiger partial charge in [-0.1, -0.05) is 13.8 Å². The average Bonchev–Trinajstić information content (AvgIpc) is 3.25. The Morgan fingerprint density at radius 3 is 2.46 bits per heavy atom. The molecule has 6 rings (SSSR count). The minimum atomic E-state index is -1.48. The van der Waals surface area contributed by atoms with Gasteiger partial charge >= 0.3 is 5.97 Å². The Labute approximate surface area is 214 Å². The first-order chi connectivity index (χ1) is 17.5. The number of ether oxygens (including phenoxy) is 1. The van der Waals surface area contributed by atoms with Gasteiger partial charge in [0.05, 0.1) is 35.6 Å². The second kappa shape index (κ2) is 9.96. The second-order valence-electron chi connectivity index (χ2n) is 10.1. The number of cyclic esters (lactones) is 1. The molecular weight excluding hydrogens is 477 g/mol. The Morgan fingerprint density at radius 2 is 1.81 bits per heavy atom. The van der Waals surface area contributed by atoms with Crippen LogP contribution in [0.4, 0.5) is 4.39 Å². The number of aryl methyl sites for hydroxylation is 2. The van der Waals surface area contributed by atoms with Crippen LogP contribution >= 0.6 is 0 Å². The van der Waals surface area contributed by atoms with Crippen LogP contribution in [-0.2, 0) is 35.5 Å². The zero-order valence-corrected chi connectivity index (χ0v) is 21.9. The molecule has 0 radical (unpaired) electrons. The van der Waals surface area contributed by atoms with Crippen LogP contribution < -0.4 is 11.3 Å². The predicted molar refractivity (Wildman–Crippen MR) is 139 cm³/mol. The summed E-state index contributed by atoms with van der Waals surface area (Å²) < 4.78 is 21.1. The van der Waals surface area contributed by atoms with Gasteiger partial charge in [-0.05, 0) is 62.8 Å². The van der Waals surface area contributed by atoms with Crippen LogP contribution in [0, 0.1) is 12.7 Å². The monoisotopic (exact) mass is 511 g/mol. The molecule has 2 aromatic heterocycles. The molecule has 3 aliphatic rings. The Bertz CT molecular complexity index is 1460. The molecule has 1 atom stereocenters. The number of nitrogens with zero attached hydrogens (tertiary/aromatic N) is 2. The van der Waals surface area contributed by atoms with Crippen molar-refractivity contribution in [3.8, 4) is 11.4 Å². The summed E-state index contributed by atoms with van der Waals surface area (Å²) in [5.74, 6) is -1.03. The number of carbonyl (C=O) groups excluding carboxylic acids is 1. The summed E-state index contributed by atoms with van der Waals surface area (Å²) in [6, 6.07) is 3.13. The molecule has 2 aliphatic heterocycles. The van der Waals surface area contributed by atoms with Gasteiger partial charge in [0.25, 0.3) is 5.56 Å². The van der Waals surface area contributed by atoms with Crippen molar-refractivity contribution in [2.24, 2.45) is 5.73 Å². The number of hydrogen-bond acceptors (Lipinski definition) is 7. The van der Waals surface area contributed by atoms with Crippen molar-refractivity contribution in [1.29, 1.82) is 0 Å². The molecule has 0 bridgehead atoms. The number of aliphatic hydroxyl groups is 2. The van der Waals surface area contributed by atoms with E-state index in [2.05, 4.69) is 0 Å². The van der Waals surface area contributed by atoms with Crippen molar-refractivity contribution in [3.05, 3.63) is 61.7 Å². The number of esters is 1. The first-order valence-corrected chi connectivity index (χ1v) is 12.7. The molecule has 0 saturated carbocycles. The smallest absolute Gasteiger partial charge is 0.340 e. The lowest BCUT2D eigenvalue weighted by Gasteiger charge is -2.22. The normalized spacial score (nSPS) is 17.0. The molecule has 1 unspecified atom stereocenters. The third kappa shape index (κ3) is 4.56. The molecule has 4 N–H and O–H groups in total. The third-order valence-corrected chi connectivity index (χ3v) is 6.95. The summed E-state index contributed by atoms with van der Waals surface area (Å²) in [6.07, 6.45) is 1.12. The SMILES string of the molecule is CC.CC(C)(N)CO.Cc1c(F)cc2nc3c(c4c2c1CCC4)Cn1c-3cc2c(c1=O)COC(=O)C2O. The summed E-state index contributed by atoms with van der Waals surface area (Å²) in [4.78, 5) is 29.6. The fraction of sp³-hybridized carbons (Fsp3) is 0.464. The number of hydrogen-bond donors (Lipinski definition) is 3. The van der Waals surface area contributed by atoms with Gasteiger partial charge in [-0.3, -0.25) is 4.79 Å². The molecule has 0 amide bonds. The van der Waals surface area contributed by atoms with Crippen LogP contribution in [0.3, 0.4) is 0 Å². The fourth-order valence-electron chi connectivity index (χ4n) is 5.06. The van der Waals surface area contributed by atoms with Crippen molar-refractivity contribution < 1.29 is 24.1 Å². The molecule has 198 valence electrons. The molecule has 1 aromatic carbocycles. The van der Waals surface area contributed by atoms with E-state index in [9.17, 15) is 19.1 Å². The zero-order chi connectivity index (χ0) is 27.2. The van der Waals surface area contributed by atoms with Gasteiger partial charge in [0.2, 0.25) is 0 Å². The maximum atomic E-state index is 14.5. The average molecular weight is 512 g/mol. The second-order valence-corrected chi connectivity index (χ2v) is 10.1. The fourth-order valence-corrected chi connectivity index (χ4v) is 5.06. The highest BCUT2D eigenvalue weighted by Gasteiger charge is 2.35. The number of fused-ring (bicyclic) bond motifs is 5. The van der Waals surface area contributed by atoms with E-state index < -0.39 is 17.6 Å². The number of rotatable bonds is 1. The highest BCUT2D eigenvalue weighted by molar-refractivity contribution is 5.92. The first kappa shape index (κ1) is 26.9. The largest absolute Gasteiger partial charge is 0.458 e. The summed E-state index contributed by atoms with van der Waals surface area (Å²) in [6.45, 7) is 9.64. The van der Waals surface area contributed by atoms with E-state index >= 15 is 0 Å². The van der Waals surface area contributed by atoms with Crippen LogP contribution in [0.2, 0.25) is 0 Å². The number of pyridine rings is 2. The number of aromatic nitrogens is 2. The lowest BCUT2D eigenvalue weighted by molar-refractivity contribution is -0.157. The van der Waals surface area contributed by atoms with Crippen LogP contribution in [-0.4, -0.2) is 37.9 Å². The van der Waals surface area contributed by atoms with E-state index in [4.69, 9.17) is 20.6 Å². The summed E-state index contributed by atoms with van der Waals surface area (Å²) in [7, 11) is 0. The van der Waals surface area contributed by atoms with Crippen molar-refractivity contribution in [3.63, 3.8) is 0 Å². The molecule has 9 heteroatoms. The molecule has 1 aliphatic carbocycles. The standard InChI is InChI=1S/C22H17FN2O4.C4H11NO.C2H6/c1-9-10-3-2-4-11-13-7-25-17(19(13)24-16(18(10)11)6-15(9)23)5-12-14(21(25)27)8-29-22(28)20(12)26;1-4(2,5)3-6;1-2/h5-6,20,26H,2-4,7-8H2,1H3;6H,3,5H2,1-2H3;1-2H3. The number of aliphatic hydroxyl groups excluding tert-OH is 2. The topological polar surface area (TPSA) is 128 Å². The van der Waals surface area contributed by atoms with Gasteiger partial charge in [-0.2, -0.15) is 0 Å². The van der Waals surface area contributed by atoms with Crippen molar-refractivity contribution in [2.75, 3.05) is 6.61 Å². The minimum absolute atomic E-state index is 0.0486. The van der Waals surface area contributed by atoms with E-state index in [-0.39, 0.29) is 30.2 Å². The first-order valence-electron chi connectivity index (χ1n) is 12.7.